The highest BCUT2D eigenvalue weighted by atomic mass is 16.5. The van der Waals surface area contributed by atoms with Gasteiger partial charge in [0, 0.05) is 25.2 Å². The molecule has 0 heterocycles. The molecule has 0 saturated carbocycles. The Labute approximate surface area is 116 Å². The van der Waals surface area contributed by atoms with Crippen LogP contribution in [0.1, 0.15) is 27.7 Å². The van der Waals surface area contributed by atoms with Crippen molar-refractivity contribution in [3.63, 3.8) is 0 Å². The van der Waals surface area contributed by atoms with E-state index in [1.807, 2.05) is 52.9 Å². The number of nitrogens with zero attached hydrogens (tertiary/aromatic N) is 1. The minimum absolute atomic E-state index is 0.264. The molecule has 0 fully saturated rings. The minimum atomic E-state index is -0.264. The third kappa shape index (κ3) is 4.99. The van der Waals surface area contributed by atoms with Crippen molar-refractivity contribution >= 4 is 5.69 Å². The maximum absolute atomic E-state index is 6.08. The van der Waals surface area contributed by atoms with Gasteiger partial charge in [-0.1, -0.05) is 0 Å². The van der Waals surface area contributed by atoms with E-state index in [9.17, 15) is 0 Å². The lowest BCUT2D eigenvalue weighted by molar-refractivity contribution is 0.330. The van der Waals surface area contributed by atoms with Crippen molar-refractivity contribution in [3.8, 4) is 11.5 Å². The van der Waals surface area contributed by atoms with Crippen LogP contribution in [0.4, 0.5) is 5.69 Å². The molecule has 0 amide bonds. The van der Waals surface area contributed by atoms with Crippen LogP contribution in [0.2, 0.25) is 0 Å². The van der Waals surface area contributed by atoms with Crippen molar-refractivity contribution in [1.82, 2.24) is 0 Å². The normalized spacial score (nSPS) is 11.3. The topological polar surface area (TPSA) is 47.7 Å². The van der Waals surface area contributed by atoms with Gasteiger partial charge in [0.2, 0.25) is 0 Å². The van der Waals surface area contributed by atoms with E-state index in [0.717, 1.165) is 23.7 Å². The summed E-state index contributed by atoms with van der Waals surface area (Å²) in [5.41, 5.74) is 6.82. The average Bonchev–Trinajstić information content (AvgIpc) is 2.29. The smallest absolute Gasteiger partial charge is 0.142 e. The summed E-state index contributed by atoms with van der Waals surface area (Å²) in [6.07, 6.45) is 0. The van der Waals surface area contributed by atoms with Gasteiger partial charge in [-0.25, -0.2) is 0 Å². The summed E-state index contributed by atoms with van der Waals surface area (Å²) in [5, 5.41) is 0. The van der Waals surface area contributed by atoms with E-state index in [-0.39, 0.29) is 5.54 Å². The second kappa shape index (κ2) is 6.66. The van der Waals surface area contributed by atoms with Gasteiger partial charge in [-0.05, 0) is 39.8 Å². The van der Waals surface area contributed by atoms with E-state index in [2.05, 4.69) is 4.90 Å². The van der Waals surface area contributed by atoms with Gasteiger partial charge >= 0.3 is 0 Å². The number of likely N-dealkylation sites (N-methyl/N-ethyl adjacent to an activating group) is 1. The first-order valence-electron chi connectivity index (χ1n) is 6.77. The molecule has 0 spiro atoms. The van der Waals surface area contributed by atoms with Crippen molar-refractivity contribution in [3.05, 3.63) is 18.2 Å². The predicted octanol–water partition coefficient (Wildman–Crippen LogP) is 2.66. The van der Waals surface area contributed by atoms with E-state index < -0.39 is 0 Å². The van der Waals surface area contributed by atoms with Crippen LogP contribution in [0, 0.1) is 0 Å². The number of hydrogen-bond acceptors (Lipinski definition) is 4. The Morgan fingerprint density at radius 2 is 1.79 bits per heavy atom. The Kier molecular flexibility index (Phi) is 5.48. The first-order valence-corrected chi connectivity index (χ1v) is 6.77. The van der Waals surface area contributed by atoms with E-state index in [1.54, 1.807) is 0 Å². The van der Waals surface area contributed by atoms with Crippen molar-refractivity contribution in [2.75, 3.05) is 31.7 Å². The molecule has 0 unspecified atom stereocenters. The SMILES string of the molecule is CCOc1ccc(OCC)c(N(C)CC(C)(C)N)c1. The summed E-state index contributed by atoms with van der Waals surface area (Å²) in [5.74, 6) is 1.71. The lowest BCUT2D eigenvalue weighted by Crippen LogP contribution is -2.44. The molecule has 0 aliphatic heterocycles. The Morgan fingerprint density at radius 3 is 2.32 bits per heavy atom. The predicted molar refractivity (Wildman–Crippen MR) is 80.3 cm³/mol. The number of nitrogens with two attached hydrogens (primary N) is 1. The van der Waals surface area contributed by atoms with Gasteiger partial charge in [-0.2, -0.15) is 0 Å². The quantitative estimate of drug-likeness (QED) is 0.824. The summed E-state index contributed by atoms with van der Waals surface area (Å²) in [7, 11) is 2.02. The van der Waals surface area contributed by atoms with Gasteiger partial charge in [-0.15, -0.1) is 0 Å². The highest BCUT2D eigenvalue weighted by Gasteiger charge is 2.17. The van der Waals surface area contributed by atoms with E-state index in [1.165, 1.54) is 0 Å². The lowest BCUT2D eigenvalue weighted by atomic mass is 10.1. The molecule has 4 nitrogen and oxygen atoms in total. The summed E-state index contributed by atoms with van der Waals surface area (Å²) in [6, 6.07) is 5.88. The van der Waals surface area contributed by atoms with Gasteiger partial charge in [0.25, 0.3) is 0 Å². The van der Waals surface area contributed by atoms with Gasteiger partial charge in [0.1, 0.15) is 11.5 Å². The van der Waals surface area contributed by atoms with Crippen LogP contribution >= 0.6 is 0 Å². The maximum atomic E-state index is 6.08. The third-order valence-corrected chi connectivity index (χ3v) is 2.60. The summed E-state index contributed by atoms with van der Waals surface area (Å²) in [4.78, 5) is 2.10. The van der Waals surface area contributed by atoms with Crippen molar-refractivity contribution in [2.45, 2.75) is 33.2 Å². The molecule has 1 rings (SSSR count). The number of anilines is 1. The molecule has 1 aromatic carbocycles. The number of ether oxygens (including phenoxy) is 2. The van der Waals surface area contributed by atoms with Crippen LogP contribution < -0.4 is 20.1 Å². The Balaban J connectivity index is 3.01. The summed E-state index contributed by atoms with van der Waals surface area (Å²) >= 11 is 0. The van der Waals surface area contributed by atoms with Gasteiger partial charge in [0.15, 0.2) is 0 Å². The maximum Gasteiger partial charge on any atom is 0.142 e. The van der Waals surface area contributed by atoms with Crippen LogP contribution in [-0.4, -0.2) is 32.3 Å². The molecule has 0 bridgehead atoms. The fraction of sp³-hybridized carbons (Fsp3) is 0.600. The molecule has 0 aliphatic carbocycles. The third-order valence-electron chi connectivity index (χ3n) is 2.60. The first-order chi connectivity index (χ1) is 8.87. The summed E-state index contributed by atoms with van der Waals surface area (Å²) in [6.45, 7) is 10.0. The molecule has 0 atom stereocenters. The highest BCUT2D eigenvalue weighted by molar-refractivity contribution is 5.61. The number of rotatable bonds is 7. The second-order valence-corrected chi connectivity index (χ2v) is 5.34. The molecule has 1 aromatic rings. The van der Waals surface area contributed by atoms with Crippen LogP contribution in [0.25, 0.3) is 0 Å². The zero-order chi connectivity index (χ0) is 14.5. The zero-order valence-corrected chi connectivity index (χ0v) is 12.7. The van der Waals surface area contributed by atoms with Gasteiger partial charge < -0.3 is 20.1 Å². The molecule has 108 valence electrons. The van der Waals surface area contributed by atoms with E-state index in [4.69, 9.17) is 15.2 Å². The van der Waals surface area contributed by atoms with Crippen LogP contribution in [0.5, 0.6) is 11.5 Å². The lowest BCUT2D eigenvalue weighted by Gasteiger charge is -2.29. The molecule has 19 heavy (non-hydrogen) atoms. The minimum Gasteiger partial charge on any atom is -0.494 e. The monoisotopic (exact) mass is 266 g/mol. The van der Waals surface area contributed by atoms with Crippen LogP contribution in [0.15, 0.2) is 18.2 Å². The Bertz CT molecular complexity index is 400. The molecule has 0 aliphatic rings. The van der Waals surface area contributed by atoms with Crippen molar-refractivity contribution in [2.24, 2.45) is 5.73 Å². The first kappa shape index (κ1) is 15.6. The fourth-order valence-electron chi connectivity index (χ4n) is 2.03. The van der Waals surface area contributed by atoms with Crippen LogP contribution in [-0.2, 0) is 0 Å². The average molecular weight is 266 g/mol. The molecule has 0 saturated heterocycles. The molecule has 0 aromatic heterocycles. The molecule has 0 radical (unpaired) electrons. The molecule has 2 N–H and O–H groups in total. The Hall–Kier alpha value is -1.42. The van der Waals surface area contributed by atoms with Gasteiger partial charge in [-0.3, -0.25) is 0 Å². The fourth-order valence-corrected chi connectivity index (χ4v) is 2.03. The molecular weight excluding hydrogens is 240 g/mol. The van der Waals surface area contributed by atoms with Crippen LogP contribution in [0.3, 0.4) is 0 Å². The highest BCUT2D eigenvalue weighted by Crippen LogP contribution is 2.32. The molecular formula is C15H26N2O2. The standard InChI is InChI=1S/C15H26N2O2/c1-6-18-12-8-9-14(19-7-2)13(10-12)17(5)11-15(3,4)16/h8-10H,6-7,11,16H2,1-5H3. The molecule has 4 heteroatoms. The van der Waals surface area contributed by atoms with Crippen molar-refractivity contribution in [1.29, 1.82) is 0 Å². The van der Waals surface area contributed by atoms with Gasteiger partial charge in [0.05, 0.1) is 18.9 Å². The summed E-state index contributed by atoms with van der Waals surface area (Å²) < 4.78 is 11.2. The van der Waals surface area contributed by atoms with Crippen molar-refractivity contribution < 1.29 is 9.47 Å². The van der Waals surface area contributed by atoms with E-state index in [0.29, 0.717) is 13.2 Å². The number of benzene rings is 1. The van der Waals surface area contributed by atoms with E-state index >= 15 is 0 Å². The second-order valence-electron chi connectivity index (χ2n) is 5.34. The Morgan fingerprint density at radius 1 is 1.16 bits per heavy atom. The zero-order valence-electron chi connectivity index (χ0n) is 12.7. The largest absolute Gasteiger partial charge is 0.494 e. The number of hydrogen-bond donors (Lipinski definition) is 1.